The van der Waals surface area contributed by atoms with Crippen molar-refractivity contribution >= 4 is 0 Å². The largest absolute Gasteiger partial charge is 0.264 e. The van der Waals surface area contributed by atoms with E-state index in [1.807, 2.05) is 49.4 Å². The van der Waals surface area contributed by atoms with Gasteiger partial charge < -0.3 is 0 Å². The molecule has 0 saturated heterocycles. The zero-order valence-electron chi connectivity index (χ0n) is 9.54. The first-order valence-electron chi connectivity index (χ1n) is 5.43. The van der Waals surface area contributed by atoms with Crippen LogP contribution in [0.1, 0.15) is 22.7 Å². The normalized spacial score (nSPS) is 12.1. The molecule has 2 aromatic rings. The SMILES string of the molecule is Cc1ccc(C(c2ccccc2)[N+](=O)[O-])cc1. The molecule has 0 spiro atoms. The number of hydrogen-bond donors (Lipinski definition) is 0. The van der Waals surface area contributed by atoms with Gasteiger partial charge in [0.25, 0.3) is 6.04 Å². The van der Waals surface area contributed by atoms with Crippen LogP contribution in [0.2, 0.25) is 0 Å². The second kappa shape index (κ2) is 4.78. The van der Waals surface area contributed by atoms with E-state index < -0.39 is 6.04 Å². The summed E-state index contributed by atoms with van der Waals surface area (Å²) in [6.45, 7) is 1.97. The van der Waals surface area contributed by atoms with Crippen LogP contribution in [-0.2, 0) is 0 Å². The molecule has 2 rings (SSSR count). The van der Waals surface area contributed by atoms with E-state index >= 15 is 0 Å². The van der Waals surface area contributed by atoms with E-state index in [4.69, 9.17) is 0 Å². The average molecular weight is 227 g/mol. The molecule has 0 aliphatic heterocycles. The standard InChI is InChI=1S/C14H13NO2/c1-11-7-9-13(10-8-11)14(15(16)17)12-5-3-2-4-6-12/h2-10,14H,1H3. The number of nitrogens with zero attached hydrogens (tertiary/aromatic N) is 1. The van der Waals surface area contributed by atoms with Crippen LogP contribution in [0.25, 0.3) is 0 Å². The van der Waals surface area contributed by atoms with Crippen molar-refractivity contribution in [2.45, 2.75) is 13.0 Å². The van der Waals surface area contributed by atoms with Crippen LogP contribution in [0.15, 0.2) is 54.6 Å². The van der Waals surface area contributed by atoms with Crippen LogP contribution in [0.3, 0.4) is 0 Å². The molecule has 0 fully saturated rings. The Morgan fingerprint density at radius 1 is 0.941 bits per heavy atom. The molecule has 1 unspecified atom stereocenters. The topological polar surface area (TPSA) is 43.1 Å². The van der Waals surface area contributed by atoms with Gasteiger partial charge in [-0.25, -0.2) is 0 Å². The quantitative estimate of drug-likeness (QED) is 0.596. The predicted octanol–water partition coefficient (Wildman–Crippen LogP) is 3.36. The third-order valence-electron chi connectivity index (χ3n) is 2.72. The van der Waals surface area contributed by atoms with Gasteiger partial charge in [0.15, 0.2) is 0 Å². The van der Waals surface area contributed by atoms with E-state index in [-0.39, 0.29) is 4.92 Å². The van der Waals surface area contributed by atoms with Crippen molar-refractivity contribution in [3.8, 4) is 0 Å². The first kappa shape index (κ1) is 11.3. The smallest absolute Gasteiger partial charge is 0.263 e. The minimum absolute atomic E-state index is 0.250. The Kier molecular flexibility index (Phi) is 3.19. The third-order valence-corrected chi connectivity index (χ3v) is 2.72. The van der Waals surface area contributed by atoms with Crippen LogP contribution in [0, 0.1) is 17.0 Å². The van der Waals surface area contributed by atoms with Gasteiger partial charge in [-0.3, -0.25) is 10.1 Å². The lowest BCUT2D eigenvalue weighted by atomic mass is 9.98. The zero-order valence-corrected chi connectivity index (χ0v) is 9.54. The Bertz CT molecular complexity index is 506. The van der Waals surface area contributed by atoms with Gasteiger partial charge in [-0.2, -0.15) is 0 Å². The van der Waals surface area contributed by atoms with Crippen molar-refractivity contribution in [3.05, 3.63) is 81.4 Å². The van der Waals surface area contributed by atoms with Gasteiger partial charge in [-0.05, 0) is 6.92 Å². The molecular formula is C14H13NO2. The Morgan fingerprint density at radius 3 is 2.00 bits per heavy atom. The lowest BCUT2D eigenvalue weighted by molar-refractivity contribution is -0.517. The van der Waals surface area contributed by atoms with Crippen LogP contribution in [0.5, 0.6) is 0 Å². The lowest BCUT2D eigenvalue weighted by Gasteiger charge is -2.10. The number of hydrogen-bond acceptors (Lipinski definition) is 2. The summed E-state index contributed by atoms with van der Waals surface area (Å²) in [7, 11) is 0. The molecule has 2 aromatic carbocycles. The van der Waals surface area contributed by atoms with E-state index in [1.54, 1.807) is 12.1 Å². The van der Waals surface area contributed by atoms with Gasteiger partial charge in [0, 0.05) is 16.1 Å². The lowest BCUT2D eigenvalue weighted by Crippen LogP contribution is -2.11. The van der Waals surface area contributed by atoms with Crippen molar-refractivity contribution in [3.63, 3.8) is 0 Å². The molecule has 0 aliphatic carbocycles. The molecule has 0 heterocycles. The van der Waals surface area contributed by atoms with Crippen molar-refractivity contribution in [2.24, 2.45) is 0 Å². The molecule has 0 aliphatic rings. The van der Waals surface area contributed by atoms with Crippen LogP contribution in [0.4, 0.5) is 0 Å². The Morgan fingerprint density at radius 2 is 1.47 bits per heavy atom. The number of aryl methyl sites for hydroxylation is 1. The van der Waals surface area contributed by atoms with Gasteiger partial charge in [-0.15, -0.1) is 0 Å². The van der Waals surface area contributed by atoms with Gasteiger partial charge in [-0.1, -0.05) is 60.2 Å². The first-order valence-corrected chi connectivity index (χ1v) is 5.43. The maximum atomic E-state index is 11.2. The molecule has 3 heteroatoms. The molecule has 0 radical (unpaired) electrons. The molecule has 1 atom stereocenters. The molecule has 17 heavy (non-hydrogen) atoms. The van der Waals surface area contributed by atoms with Crippen molar-refractivity contribution in [1.82, 2.24) is 0 Å². The van der Waals surface area contributed by atoms with Crippen LogP contribution in [-0.4, -0.2) is 4.92 Å². The fraction of sp³-hybridized carbons (Fsp3) is 0.143. The van der Waals surface area contributed by atoms with E-state index in [2.05, 4.69) is 0 Å². The Hall–Kier alpha value is -2.16. The van der Waals surface area contributed by atoms with Crippen molar-refractivity contribution in [1.29, 1.82) is 0 Å². The van der Waals surface area contributed by atoms with Gasteiger partial charge >= 0.3 is 0 Å². The maximum Gasteiger partial charge on any atom is 0.263 e. The first-order chi connectivity index (χ1) is 8.18. The summed E-state index contributed by atoms with van der Waals surface area (Å²) in [5.41, 5.74) is 2.53. The van der Waals surface area contributed by atoms with Crippen molar-refractivity contribution in [2.75, 3.05) is 0 Å². The van der Waals surface area contributed by atoms with E-state index in [1.165, 1.54) is 0 Å². The predicted molar refractivity (Wildman–Crippen MR) is 66.5 cm³/mol. The fourth-order valence-corrected chi connectivity index (χ4v) is 1.82. The highest BCUT2D eigenvalue weighted by Gasteiger charge is 2.24. The monoisotopic (exact) mass is 227 g/mol. The Labute approximate surface area is 99.9 Å². The summed E-state index contributed by atoms with van der Waals surface area (Å²) in [4.78, 5) is 10.9. The third kappa shape index (κ3) is 2.50. The summed E-state index contributed by atoms with van der Waals surface area (Å²) < 4.78 is 0. The highest BCUT2D eigenvalue weighted by molar-refractivity contribution is 5.31. The fourth-order valence-electron chi connectivity index (χ4n) is 1.82. The Balaban J connectivity index is 2.43. The van der Waals surface area contributed by atoms with Gasteiger partial charge in [0.1, 0.15) is 0 Å². The highest BCUT2D eigenvalue weighted by atomic mass is 16.6. The molecular weight excluding hydrogens is 214 g/mol. The average Bonchev–Trinajstić information content (AvgIpc) is 2.33. The van der Waals surface area contributed by atoms with Crippen molar-refractivity contribution < 1.29 is 4.92 Å². The molecule has 86 valence electrons. The van der Waals surface area contributed by atoms with E-state index in [9.17, 15) is 10.1 Å². The molecule has 0 bridgehead atoms. The second-order valence-electron chi connectivity index (χ2n) is 4.01. The summed E-state index contributed by atoms with van der Waals surface area (Å²) in [5.74, 6) is 0. The molecule has 0 N–H and O–H groups in total. The maximum absolute atomic E-state index is 11.2. The number of rotatable bonds is 3. The molecule has 0 amide bonds. The highest BCUT2D eigenvalue weighted by Crippen LogP contribution is 2.25. The van der Waals surface area contributed by atoms with Crippen LogP contribution >= 0.6 is 0 Å². The summed E-state index contributed by atoms with van der Waals surface area (Å²) in [6, 6.07) is 15.7. The summed E-state index contributed by atoms with van der Waals surface area (Å²) >= 11 is 0. The molecule has 3 nitrogen and oxygen atoms in total. The minimum atomic E-state index is -0.781. The number of benzene rings is 2. The number of nitro groups is 1. The zero-order chi connectivity index (χ0) is 12.3. The minimum Gasteiger partial charge on any atom is -0.264 e. The molecule has 0 saturated carbocycles. The molecule has 0 aromatic heterocycles. The van der Waals surface area contributed by atoms with E-state index in [0.717, 1.165) is 5.56 Å². The van der Waals surface area contributed by atoms with E-state index in [0.29, 0.717) is 11.1 Å². The summed E-state index contributed by atoms with van der Waals surface area (Å²) in [6.07, 6.45) is 0. The second-order valence-corrected chi connectivity index (χ2v) is 4.01. The summed E-state index contributed by atoms with van der Waals surface area (Å²) in [5, 5.41) is 11.2. The van der Waals surface area contributed by atoms with Gasteiger partial charge in [0.05, 0.1) is 0 Å². The van der Waals surface area contributed by atoms with Gasteiger partial charge in [0.2, 0.25) is 0 Å². The van der Waals surface area contributed by atoms with Crippen LogP contribution < -0.4 is 0 Å².